The van der Waals surface area contributed by atoms with Crippen LogP contribution in [0.2, 0.25) is 0 Å². The number of imidazole rings is 1. The second-order valence-corrected chi connectivity index (χ2v) is 7.08. The number of carbonyl (C=O) groups is 3. The van der Waals surface area contributed by atoms with E-state index in [-0.39, 0.29) is 17.9 Å². The highest BCUT2D eigenvalue weighted by atomic mass is 19.2. The van der Waals surface area contributed by atoms with Crippen molar-refractivity contribution in [2.45, 2.75) is 19.9 Å². The summed E-state index contributed by atoms with van der Waals surface area (Å²) < 4.78 is 33.9. The van der Waals surface area contributed by atoms with Gasteiger partial charge in [-0.25, -0.2) is 13.8 Å². The van der Waals surface area contributed by atoms with Crippen LogP contribution in [-0.4, -0.2) is 34.2 Å². The number of ketones is 1. The zero-order chi connectivity index (χ0) is 21.6. The second kappa shape index (κ2) is 7.01. The van der Waals surface area contributed by atoms with Crippen LogP contribution in [0.1, 0.15) is 25.5 Å². The molecule has 0 spiro atoms. The predicted molar refractivity (Wildman–Crippen MR) is 102 cm³/mol. The van der Waals surface area contributed by atoms with E-state index in [0.717, 1.165) is 11.0 Å². The van der Waals surface area contributed by atoms with E-state index in [2.05, 4.69) is 9.97 Å². The number of H-pyrrole nitrogens is 1. The maximum absolute atomic E-state index is 14.8. The summed E-state index contributed by atoms with van der Waals surface area (Å²) in [5.41, 5.74) is -0.958. The lowest BCUT2D eigenvalue weighted by Crippen LogP contribution is -2.41. The van der Waals surface area contributed by atoms with E-state index in [4.69, 9.17) is 4.74 Å². The Morgan fingerprint density at radius 3 is 2.80 bits per heavy atom. The molecule has 1 aromatic heterocycles. The normalized spacial score (nSPS) is 21.5. The first-order chi connectivity index (χ1) is 14.3. The summed E-state index contributed by atoms with van der Waals surface area (Å²) >= 11 is 0. The van der Waals surface area contributed by atoms with E-state index < -0.39 is 40.8 Å². The van der Waals surface area contributed by atoms with Gasteiger partial charge in [-0.3, -0.25) is 19.3 Å². The van der Waals surface area contributed by atoms with Crippen molar-refractivity contribution in [3.63, 3.8) is 0 Å². The average molecular weight is 415 g/mol. The van der Waals surface area contributed by atoms with Gasteiger partial charge < -0.3 is 9.72 Å². The Bertz CT molecular complexity index is 1190. The van der Waals surface area contributed by atoms with Crippen LogP contribution in [0.15, 0.2) is 42.7 Å². The molecule has 2 heterocycles. The topological polar surface area (TPSA) is 92.4 Å². The molecule has 2 unspecified atom stereocenters. The molecule has 1 fully saturated rings. The minimum Gasteiger partial charge on any atom is -0.465 e. The highest BCUT2D eigenvalue weighted by molar-refractivity contribution is 6.49. The fourth-order valence-corrected chi connectivity index (χ4v) is 3.84. The fourth-order valence-electron chi connectivity index (χ4n) is 3.84. The van der Waals surface area contributed by atoms with Crippen molar-refractivity contribution in [3.8, 4) is 0 Å². The van der Waals surface area contributed by atoms with Gasteiger partial charge in [-0.05, 0) is 38.1 Å². The van der Waals surface area contributed by atoms with Crippen LogP contribution in [0.3, 0.4) is 0 Å². The Balaban J connectivity index is 1.97. The number of anilines is 1. The Labute approximate surface area is 169 Å². The molecule has 2 atom stereocenters. The van der Waals surface area contributed by atoms with Crippen molar-refractivity contribution in [3.05, 3.63) is 59.9 Å². The van der Waals surface area contributed by atoms with Gasteiger partial charge in [0.15, 0.2) is 17.0 Å². The van der Waals surface area contributed by atoms with Gasteiger partial charge in [-0.2, -0.15) is 0 Å². The number of hydrogen-bond donors (Lipinski definition) is 1. The van der Waals surface area contributed by atoms with Crippen molar-refractivity contribution in [1.82, 2.24) is 9.97 Å². The maximum atomic E-state index is 14.8. The minimum absolute atomic E-state index is 0.0473. The van der Waals surface area contributed by atoms with E-state index in [1.165, 1.54) is 31.5 Å². The van der Waals surface area contributed by atoms with Crippen LogP contribution < -0.4 is 4.90 Å². The third-order valence-corrected chi connectivity index (χ3v) is 5.35. The standard InChI is InChI=1S/C21H17F2N3O4/c1-3-30-20(29)21(2)17(12-5-4-6-13(22)16(12)23)26(19(28)18(21)27)11-7-8-14-15(9-11)25-10-24-14/h4-10,17H,3H2,1-2H3,(H,24,25)/i10+2. The summed E-state index contributed by atoms with van der Waals surface area (Å²) in [5.74, 6) is -5.46. The number of nitrogens with zero attached hydrogens (tertiary/aromatic N) is 2. The predicted octanol–water partition coefficient (Wildman–Crippen LogP) is 3.07. The molecule has 0 saturated carbocycles. The lowest BCUT2D eigenvalue weighted by Gasteiger charge is -2.32. The number of esters is 1. The number of halogens is 2. The number of fused-ring (bicyclic) bond motifs is 1. The lowest BCUT2D eigenvalue weighted by atomic mass is 9.77. The van der Waals surface area contributed by atoms with Gasteiger partial charge in [0.1, 0.15) is 0 Å². The second-order valence-electron chi connectivity index (χ2n) is 7.08. The third-order valence-electron chi connectivity index (χ3n) is 5.35. The maximum Gasteiger partial charge on any atom is 0.322 e. The van der Waals surface area contributed by atoms with Crippen LogP contribution in [0.25, 0.3) is 11.0 Å². The first-order valence-electron chi connectivity index (χ1n) is 9.23. The summed E-state index contributed by atoms with van der Waals surface area (Å²) in [7, 11) is 0. The smallest absolute Gasteiger partial charge is 0.322 e. The van der Waals surface area contributed by atoms with E-state index >= 15 is 0 Å². The summed E-state index contributed by atoms with van der Waals surface area (Å²) in [6, 6.07) is 6.66. The van der Waals surface area contributed by atoms with Crippen molar-refractivity contribution in [2.24, 2.45) is 5.41 Å². The van der Waals surface area contributed by atoms with Crippen LogP contribution in [0, 0.1) is 17.0 Å². The quantitative estimate of drug-likeness (QED) is 0.402. The number of aromatic amines is 1. The molecule has 1 aliphatic rings. The highest BCUT2D eigenvalue weighted by Crippen LogP contribution is 2.49. The molecule has 30 heavy (non-hydrogen) atoms. The number of rotatable bonds is 4. The van der Waals surface area contributed by atoms with Crippen molar-refractivity contribution in [1.29, 1.82) is 0 Å². The van der Waals surface area contributed by atoms with Gasteiger partial charge in [0, 0.05) is 11.3 Å². The van der Waals surface area contributed by atoms with Gasteiger partial charge in [-0.1, -0.05) is 12.1 Å². The number of carbonyl (C=O) groups excluding carboxylic acids is 3. The van der Waals surface area contributed by atoms with Crippen molar-refractivity contribution >= 4 is 34.4 Å². The molecular formula is C21H17F2N3O4. The molecular weight excluding hydrogens is 398 g/mol. The summed E-state index contributed by atoms with van der Waals surface area (Å²) in [6.07, 6.45) is 1.46. The van der Waals surface area contributed by atoms with Crippen LogP contribution in [0.4, 0.5) is 14.5 Å². The van der Waals surface area contributed by atoms with Gasteiger partial charge in [0.2, 0.25) is 5.78 Å². The Morgan fingerprint density at radius 2 is 2.07 bits per heavy atom. The third kappa shape index (κ3) is 2.69. The Morgan fingerprint density at radius 1 is 1.30 bits per heavy atom. The van der Waals surface area contributed by atoms with Gasteiger partial charge >= 0.3 is 5.97 Å². The van der Waals surface area contributed by atoms with E-state index in [1.807, 2.05) is 0 Å². The summed E-state index contributed by atoms with van der Waals surface area (Å²) in [4.78, 5) is 46.8. The zero-order valence-electron chi connectivity index (χ0n) is 16.1. The molecule has 0 bridgehead atoms. The lowest BCUT2D eigenvalue weighted by molar-refractivity contribution is -0.159. The number of ether oxygens (including phenoxy) is 1. The number of nitrogens with one attached hydrogen (secondary N) is 1. The number of aromatic nitrogens is 2. The monoisotopic (exact) mass is 415 g/mol. The number of benzene rings is 2. The molecule has 0 aliphatic carbocycles. The summed E-state index contributed by atoms with van der Waals surface area (Å²) in [6.45, 7) is 2.72. The molecule has 1 amide bonds. The Hall–Kier alpha value is -3.62. The van der Waals surface area contributed by atoms with Crippen LogP contribution in [-0.2, 0) is 19.1 Å². The first kappa shape index (κ1) is 19.7. The zero-order valence-corrected chi connectivity index (χ0v) is 16.1. The van der Waals surface area contributed by atoms with Gasteiger partial charge in [-0.15, -0.1) is 0 Å². The SMILES string of the molecule is CCOC(=O)C1(C)C(=O)C(=O)N(c2ccc3n[14cH][nH]c3c2)C1c1cccc(F)c1F. The van der Waals surface area contributed by atoms with Crippen LogP contribution in [0.5, 0.6) is 0 Å². The molecule has 1 aliphatic heterocycles. The molecule has 3 aromatic rings. The largest absolute Gasteiger partial charge is 0.465 e. The number of Topliss-reactive ketones (excluding diaryl/α,β-unsaturated/α-hetero) is 1. The molecule has 1 N–H and O–H groups in total. The number of hydrogen-bond acceptors (Lipinski definition) is 5. The first-order valence-corrected chi connectivity index (χ1v) is 9.23. The van der Waals surface area contributed by atoms with Crippen molar-refractivity contribution < 1.29 is 27.9 Å². The van der Waals surface area contributed by atoms with Crippen molar-refractivity contribution in [2.75, 3.05) is 11.5 Å². The van der Waals surface area contributed by atoms with Gasteiger partial charge in [0.25, 0.3) is 5.91 Å². The van der Waals surface area contributed by atoms with E-state index in [0.29, 0.717) is 11.0 Å². The highest BCUT2D eigenvalue weighted by Gasteiger charge is 2.63. The molecule has 2 aromatic carbocycles. The van der Waals surface area contributed by atoms with Crippen LogP contribution >= 0.6 is 0 Å². The van der Waals surface area contributed by atoms with E-state index in [1.54, 1.807) is 19.1 Å². The summed E-state index contributed by atoms with van der Waals surface area (Å²) in [5, 5.41) is 0. The average Bonchev–Trinajstić information content (AvgIpc) is 3.27. The molecule has 154 valence electrons. The molecule has 1 saturated heterocycles. The van der Waals surface area contributed by atoms with E-state index in [9.17, 15) is 23.2 Å². The fraction of sp³-hybridized carbons (Fsp3) is 0.238. The number of amides is 1. The molecule has 7 nitrogen and oxygen atoms in total. The molecule has 0 radical (unpaired) electrons. The Kier molecular flexibility index (Phi) is 4.60. The minimum atomic E-state index is -2.06. The molecule has 4 rings (SSSR count). The molecule has 9 heteroatoms. The van der Waals surface area contributed by atoms with Gasteiger partial charge in [0.05, 0.1) is 30.0 Å².